The van der Waals surface area contributed by atoms with Crippen LogP contribution in [-0.2, 0) is 28.4 Å². The first-order valence-electron chi connectivity index (χ1n) is 11.3. The average Bonchev–Trinajstić information content (AvgIpc) is 3.31. The topological polar surface area (TPSA) is 80.3 Å². The molecule has 0 radical (unpaired) electrons. The lowest BCUT2D eigenvalue weighted by atomic mass is 10.0. The number of aromatic amines is 1. The van der Waals surface area contributed by atoms with Gasteiger partial charge in [0.2, 0.25) is 0 Å². The fourth-order valence-electron chi connectivity index (χ4n) is 4.16. The number of H-pyrrole nitrogens is 1. The van der Waals surface area contributed by atoms with Crippen LogP contribution in [-0.4, -0.2) is 46.0 Å². The maximum absolute atomic E-state index is 13.6. The molecule has 1 saturated heterocycles. The van der Waals surface area contributed by atoms with E-state index >= 15 is 0 Å². The number of carbonyl (C=O) groups excluding carboxylic acids is 1. The van der Waals surface area contributed by atoms with Crippen molar-refractivity contribution < 1.29 is 45.0 Å². The van der Waals surface area contributed by atoms with E-state index in [0.29, 0.717) is 36.2 Å². The molecule has 2 unspecified atom stereocenters. The minimum absolute atomic E-state index is 0.0406. The summed E-state index contributed by atoms with van der Waals surface area (Å²) in [5.41, 5.74) is -2.36. The smallest absolute Gasteiger partial charge is 0.349 e. The Kier molecular flexibility index (Phi) is 7.85. The summed E-state index contributed by atoms with van der Waals surface area (Å²) in [6, 6.07) is 5.75. The first-order chi connectivity index (χ1) is 17.9. The minimum atomic E-state index is -5.02. The van der Waals surface area contributed by atoms with Crippen LogP contribution in [0.5, 0.6) is 0 Å². The summed E-state index contributed by atoms with van der Waals surface area (Å²) in [7, 11) is 0. The van der Waals surface area contributed by atoms with Crippen molar-refractivity contribution >= 4 is 6.29 Å². The minimum Gasteiger partial charge on any atom is -0.349 e. The number of hydrogen-bond acceptors (Lipinski definition) is 6. The van der Waals surface area contributed by atoms with Crippen LogP contribution in [0.2, 0.25) is 0 Å². The zero-order valence-corrected chi connectivity index (χ0v) is 19.7. The Morgan fingerprint density at radius 2 is 1.74 bits per heavy atom. The van der Waals surface area contributed by atoms with Crippen molar-refractivity contribution in [1.82, 2.24) is 20.3 Å². The van der Waals surface area contributed by atoms with Crippen LogP contribution in [0.25, 0.3) is 0 Å². The number of hydrogen-bond donors (Lipinski definition) is 1. The Bertz CT molecular complexity index is 1230. The van der Waals surface area contributed by atoms with Gasteiger partial charge < -0.3 is 9.47 Å². The van der Waals surface area contributed by atoms with Gasteiger partial charge in [0.1, 0.15) is 17.2 Å². The molecule has 1 aliphatic rings. The summed E-state index contributed by atoms with van der Waals surface area (Å²) < 4.78 is 105. The summed E-state index contributed by atoms with van der Waals surface area (Å²) in [4.78, 5) is 13.1. The molecule has 1 fully saturated rings. The molecule has 38 heavy (non-hydrogen) atoms. The lowest BCUT2D eigenvalue weighted by molar-refractivity contribution is -0.231. The number of rotatable bonds is 7. The molecule has 1 aliphatic heterocycles. The average molecular weight is 546 g/mol. The van der Waals surface area contributed by atoms with Crippen molar-refractivity contribution in [3.8, 4) is 0 Å². The predicted octanol–water partition coefficient (Wildman–Crippen LogP) is 5.47. The Morgan fingerprint density at radius 1 is 1.11 bits per heavy atom. The zero-order chi connectivity index (χ0) is 27.7. The lowest BCUT2D eigenvalue weighted by Crippen LogP contribution is -2.46. The van der Waals surface area contributed by atoms with Gasteiger partial charge in [-0.05, 0) is 48.4 Å². The van der Waals surface area contributed by atoms with E-state index in [2.05, 4.69) is 15.4 Å². The standard InChI is InChI=1S/C24H21F7N4O3/c1-13(15-8-16(23(26,27)28)10-17(9-15)24(29,30)31)38-22-21(14-2-4-18(25)5-3-14)35(6-7-37-22)11-19-20(12-36)33-34-32-19/h2-5,8-10,12-13,21-22H,6-7,11H2,1H3,(H,32,33,34)/t13-,21?,22?/m1/s1. The van der Waals surface area contributed by atoms with E-state index < -0.39 is 47.7 Å². The van der Waals surface area contributed by atoms with Crippen LogP contribution in [0.4, 0.5) is 30.7 Å². The van der Waals surface area contributed by atoms with E-state index in [-0.39, 0.29) is 30.5 Å². The molecule has 1 N–H and O–H groups in total. The van der Waals surface area contributed by atoms with E-state index in [4.69, 9.17) is 9.47 Å². The molecule has 1 aromatic heterocycles. The van der Waals surface area contributed by atoms with Gasteiger partial charge in [0.05, 0.1) is 29.9 Å². The maximum Gasteiger partial charge on any atom is 0.416 e. The number of nitrogens with one attached hydrogen (secondary N) is 1. The number of nitrogens with zero attached hydrogens (tertiary/aromatic N) is 3. The Balaban J connectivity index is 1.67. The van der Waals surface area contributed by atoms with Gasteiger partial charge in [0.25, 0.3) is 0 Å². The summed E-state index contributed by atoms with van der Waals surface area (Å²) in [5, 5.41) is 9.95. The van der Waals surface area contributed by atoms with Gasteiger partial charge in [-0.3, -0.25) is 14.8 Å². The normalized spacial score (nSPS) is 19.9. The molecule has 0 saturated carbocycles. The zero-order valence-electron chi connectivity index (χ0n) is 19.7. The Morgan fingerprint density at radius 3 is 2.32 bits per heavy atom. The molecule has 2 aromatic carbocycles. The third-order valence-electron chi connectivity index (χ3n) is 6.06. The molecule has 14 heteroatoms. The predicted molar refractivity (Wildman–Crippen MR) is 117 cm³/mol. The van der Waals surface area contributed by atoms with Gasteiger partial charge in [-0.2, -0.15) is 26.3 Å². The van der Waals surface area contributed by atoms with Crippen LogP contribution < -0.4 is 0 Å². The maximum atomic E-state index is 13.6. The molecule has 3 atom stereocenters. The lowest BCUT2D eigenvalue weighted by Gasteiger charge is -2.41. The highest BCUT2D eigenvalue weighted by atomic mass is 19.4. The fraction of sp³-hybridized carbons (Fsp3) is 0.375. The largest absolute Gasteiger partial charge is 0.416 e. The molecule has 0 spiro atoms. The molecule has 2 heterocycles. The molecule has 0 amide bonds. The third-order valence-corrected chi connectivity index (χ3v) is 6.06. The Hall–Kier alpha value is -3.36. The highest BCUT2D eigenvalue weighted by Gasteiger charge is 2.39. The number of alkyl halides is 6. The third kappa shape index (κ3) is 6.19. The number of carbonyl (C=O) groups is 1. The van der Waals surface area contributed by atoms with Crippen molar-refractivity contribution in [3.05, 3.63) is 81.9 Å². The van der Waals surface area contributed by atoms with E-state index in [0.717, 1.165) is 0 Å². The molecular weight excluding hydrogens is 525 g/mol. The van der Waals surface area contributed by atoms with Gasteiger partial charge in [-0.25, -0.2) is 4.39 Å². The van der Waals surface area contributed by atoms with E-state index in [1.807, 2.05) is 0 Å². The van der Waals surface area contributed by atoms with Crippen molar-refractivity contribution in [1.29, 1.82) is 0 Å². The first-order valence-corrected chi connectivity index (χ1v) is 11.3. The molecule has 3 aromatic rings. The van der Waals surface area contributed by atoms with Gasteiger partial charge in [0, 0.05) is 13.1 Å². The van der Waals surface area contributed by atoms with Crippen LogP contribution in [0.15, 0.2) is 42.5 Å². The second-order valence-electron chi connectivity index (χ2n) is 8.61. The Labute approximate surface area is 211 Å². The summed E-state index contributed by atoms with van der Waals surface area (Å²) in [6.45, 7) is 1.76. The highest BCUT2D eigenvalue weighted by molar-refractivity contribution is 5.72. The van der Waals surface area contributed by atoms with E-state index in [1.165, 1.54) is 31.2 Å². The monoisotopic (exact) mass is 546 g/mol. The van der Waals surface area contributed by atoms with Gasteiger partial charge in [-0.1, -0.05) is 17.3 Å². The van der Waals surface area contributed by atoms with Crippen molar-refractivity contribution in [3.63, 3.8) is 0 Å². The van der Waals surface area contributed by atoms with Crippen LogP contribution in [0.1, 0.15) is 57.5 Å². The van der Waals surface area contributed by atoms with Crippen LogP contribution in [0, 0.1) is 5.82 Å². The molecule has 7 nitrogen and oxygen atoms in total. The van der Waals surface area contributed by atoms with Crippen LogP contribution >= 0.6 is 0 Å². The van der Waals surface area contributed by atoms with E-state index in [9.17, 15) is 35.5 Å². The fourth-order valence-corrected chi connectivity index (χ4v) is 4.16. The van der Waals surface area contributed by atoms with Gasteiger partial charge >= 0.3 is 12.4 Å². The van der Waals surface area contributed by atoms with Gasteiger partial charge in [0.15, 0.2) is 12.6 Å². The SMILES string of the molecule is C[C@@H](OC1OCCN(Cc2nn[nH]c2C=O)C1c1ccc(F)cc1)c1cc(C(F)(F)F)cc(C(F)(F)F)c1. The summed E-state index contributed by atoms with van der Waals surface area (Å²) in [6.07, 6.45) is -11.9. The molecule has 0 bridgehead atoms. The highest BCUT2D eigenvalue weighted by Crippen LogP contribution is 2.40. The number of ether oxygens (including phenoxy) is 2. The molecular formula is C24H21F7N4O3. The quantitative estimate of drug-likeness (QED) is 0.313. The van der Waals surface area contributed by atoms with Crippen molar-refractivity contribution in [2.75, 3.05) is 13.2 Å². The molecule has 4 rings (SSSR count). The molecule has 0 aliphatic carbocycles. The number of aromatic nitrogens is 3. The number of morpholine rings is 1. The van der Waals surface area contributed by atoms with Crippen molar-refractivity contribution in [2.24, 2.45) is 0 Å². The van der Waals surface area contributed by atoms with Crippen LogP contribution in [0.3, 0.4) is 0 Å². The first kappa shape index (κ1) is 27.7. The second kappa shape index (κ2) is 10.8. The summed E-state index contributed by atoms with van der Waals surface area (Å²) in [5.74, 6) is -0.522. The number of halogens is 7. The molecule has 204 valence electrons. The number of benzene rings is 2. The second-order valence-corrected chi connectivity index (χ2v) is 8.61. The van der Waals surface area contributed by atoms with Crippen molar-refractivity contribution in [2.45, 2.75) is 44.3 Å². The van der Waals surface area contributed by atoms with E-state index in [1.54, 1.807) is 4.90 Å². The van der Waals surface area contributed by atoms with Gasteiger partial charge in [-0.15, -0.1) is 5.10 Å². The number of aldehydes is 1. The summed E-state index contributed by atoms with van der Waals surface area (Å²) >= 11 is 0.